The van der Waals surface area contributed by atoms with Crippen LogP contribution in [0.4, 0.5) is 0 Å². The van der Waals surface area contributed by atoms with Crippen molar-refractivity contribution < 1.29 is 4.74 Å². The molecule has 0 amide bonds. The summed E-state index contributed by atoms with van der Waals surface area (Å²) < 4.78 is 4.85. The average Bonchev–Trinajstić information content (AvgIpc) is 2.31. The number of nitrogens with zero attached hydrogens (tertiary/aromatic N) is 2. The van der Waals surface area contributed by atoms with Crippen LogP contribution in [-0.2, 0) is 4.74 Å². The summed E-state index contributed by atoms with van der Waals surface area (Å²) >= 11 is 0. The molecule has 12 heavy (non-hydrogen) atoms. The van der Waals surface area contributed by atoms with E-state index < -0.39 is 0 Å². The Kier molecular flexibility index (Phi) is 3.41. The van der Waals surface area contributed by atoms with Crippen molar-refractivity contribution in [1.82, 2.24) is 0 Å². The van der Waals surface area contributed by atoms with Crippen molar-refractivity contribution in [2.24, 2.45) is 5.92 Å². The van der Waals surface area contributed by atoms with Crippen molar-refractivity contribution in [2.45, 2.75) is 38.2 Å². The van der Waals surface area contributed by atoms with Gasteiger partial charge in [0, 0.05) is 5.92 Å². The van der Waals surface area contributed by atoms with Crippen molar-refractivity contribution in [3.8, 4) is 12.3 Å². The molecule has 2 unspecified atom stereocenters. The molecule has 2 atom stereocenters. The maximum atomic E-state index is 8.68. The Labute approximate surface area is 72.6 Å². The predicted molar refractivity (Wildman–Crippen MR) is 42.7 cm³/mol. The Morgan fingerprint density at radius 2 is 1.92 bits per heavy atom. The first-order chi connectivity index (χ1) is 5.86. The molecule has 64 valence electrons. The van der Waals surface area contributed by atoms with Crippen molar-refractivity contribution in [3.05, 3.63) is 0 Å². The molecule has 1 rings (SSSR count). The number of hydrogen-bond acceptors (Lipinski definition) is 3. The van der Waals surface area contributed by atoms with E-state index >= 15 is 0 Å². The lowest BCUT2D eigenvalue weighted by atomic mass is 10.0. The number of rotatable bonds is 1. The van der Waals surface area contributed by atoms with Crippen molar-refractivity contribution >= 4 is 0 Å². The number of ether oxygens (including phenoxy) is 1. The fraction of sp³-hybridized carbons (Fsp3) is 0.778. The highest BCUT2D eigenvalue weighted by molar-refractivity contribution is 4.85. The Balaban J connectivity index is 2.36. The van der Waals surface area contributed by atoms with Gasteiger partial charge < -0.3 is 4.74 Å². The molecule has 0 heterocycles. The predicted octanol–water partition coefficient (Wildman–Crippen LogP) is 1.96. The Morgan fingerprint density at radius 3 is 2.58 bits per heavy atom. The zero-order chi connectivity index (χ0) is 8.81. The first kappa shape index (κ1) is 8.87. The summed E-state index contributed by atoms with van der Waals surface area (Å²) in [5.41, 5.74) is 0. The van der Waals surface area contributed by atoms with Gasteiger partial charge in [0.15, 0.2) is 0 Å². The highest BCUT2D eigenvalue weighted by Gasteiger charge is 2.18. The molecular weight excluding hydrogens is 152 g/mol. The molecule has 0 bridgehead atoms. The van der Waals surface area contributed by atoms with Crippen LogP contribution in [0.15, 0.2) is 0 Å². The minimum atomic E-state index is 0.0633. The lowest BCUT2D eigenvalue weighted by molar-refractivity contribution is 0.144. The van der Waals surface area contributed by atoms with Crippen LogP contribution in [0.2, 0.25) is 0 Å². The summed E-state index contributed by atoms with van der Waals surface area (Å²) in [6, 6.07) is 2.27. The van der Waals surface area contributed by atoms with Gasteiger partial charge in [-0.1, -0.05) is 0 Å². The molecule has 0 saturated heterocycles. The molecule has 1 aliphatic carbocycles. The van der Waals surface area contributed by atoms with Crippen molar-refractivity contribution in [1.29, 1.82) is 10.5 Å². The topological polar surface area (TPSA) is 56.8 Å². The molecule has 0 N–H and O–H groups in total. The van der Waals surface area contributed by atoms with E-state index in [0.29, 0.717) is 0 Å². The van der Waals surface area contributed by atoms with Gasteiger partial charge in [0.2, 0.25) is 0 Å². The lowest BCUT2D eigenvalue weighted by Crippen LogP contribution is -2.07. The number of hydrogen-bond donors (Lipinski definition) is 0. The van der Waals surface area contributed by atoms with Gasteiger partial charge >= 0.3 is 0 Å². The van der Waals surface area contributed by atoms with E-state index in [0.717, 1.165) is 32.1 Å². The van der Waals surface area contributed by atoms with Gasteiger partial charge in [-0.3, -0.25) is 0 Å². The van der Waals surface area contributed by atoms with Crippen LogP contribution in [0.1, 0.15) is 32.1 Å². The van der Waals surface area contributed by atoms with Crippen LogP contribution in [0.3, 0.4) is 0 Å². The third-order valence-electron chi connectivity index (χ3n) is 2.32. The SMILES string of the molecule is N#COC1CCCC(C#N)CC1. The van der Waals surface area contributed by atoms with Gasteiger partial charge in [-0.15, -0.1) is 0 Å². The molecule has 0 aromatic carbocycles. The second-order valence-corrected chi connectivity index (χ2v) is 3.17. The van der Waals surface area contributed by atoms with Crippen molar-refractivity contribution in [3.63, 3.8) is 0 Å². The van der Waals surface area contributed by atoms with E-state index in [1.807, 2.05) is 0 Å². The number of nitriles is 2. The van der Waals surface area contributed by atoms with E-state index in [9.17, 15) is 0 Å². The molecule has 1 saturated carbocycles. The lowest BCUT2D eigenvalue weighted by Gasteiger charge is -2.08. The van der Waals surface area contributed by atoms with Crippen LogP contribution in [0.5, 0.6) is 0 Å². The van der Waals surface area contributed by atoms with Crippen LogP contribution >= 0.6 is 0 Å². The van der Waals surface area contributed by atoms with E-state index in [1.54, 1.807) is 6.26 Å². The van der Waals surface area contributed by atoms with Gasteiger partial charge in [-0.25, -0.2) is 0 Å². The van der Waals surface area contributed by atoms with Crippen LogP contribution in [0, 0.1) is 28.8 Å². The summed E-state index contributed by atoms with van der Waals surface area (Å²) in [7, 11) is 0. The van der Waals surface area contributed by atoms with Gasteiger partial charge in [0.05, 0.1) is 6.07 Å². The van der Waals surface area contributed by atoms with Crippen LogP contribution in [0.25, 0.3) is 0 Å². The highest BCUT2D eigenvalue weighted by Crippen LogP contribution is 2.24. The molecule has 0 radical (unpaired) electrons. The Bertz CT molecular complexity index is 214. The minimum absolute atomic E-state index is 0.0633. The van der Waals surface area contributed by atoms with Crippen LogP contribution < -0.4 is 0 Å². The summed E-state index contributed by atoms with van der Waals surface area (Å²) in [5, 5.41) is 17.0. The molecule has 1 fully saturated rings. The molecule has 0 aliphatic heterocycles. The molecular formula is C9H12N2O. The van der Waals surface area contributed by atoms with Gasteiger partial charge in [0.25, 0.3) is 6.26 Å². The average molecular weight is 164 g/mol. The third kappa shape index (κ3) is 2.43. The maximum absolute atomic E-state index is 8.68. The fourth-order valence-electron chi connectivity index (χ4n) is 1.59. The summed E-state index contributed by atoms with van der Waals surface area (Å²) in [6.07, 6.45) is 6.40. The highest BCUT2D eigenvalue weighted by atomic mass is 16.5. The fourth-order valence-corrected chi connectivity index (χ4v) is 1.59. The zero-order valence-corrected chi connectivity index (χ0v) is 6.99. The standard InChI is InChI=1S/C9H12N2O/c10-6-8-2-1-3-9(5-4-8)12-7-11/h8-9H,1-5H2. The molecule has 0 spiro atoms. The second kappa shape index (κ2) is 4.62. The van der Waals surface area contributed by atoms with Gasteiger partial charge in [-0.2, -0.15) is 10.5 Å². The zero-order valence-electron chi connectivity index (χ0n) is 6.99. The molecule has 1 aliphatic rings. The third-order valence-corrected chi connectivity index (χ3v) is 2.32. The summed E-state index contributed by atoms with van der Waals surface area (Å²) in [5.74, 6) is 0.178. The molecule has 3 heteroatoms. The molecule has 0 aromatic heterocycles. The van der Waals surface area contributed by atoms with Gasteiger partial charge in [-0.05, 0) is 32.1 Å². The van der Waals surface area contributed by atoms with E-state index in [2.05, 4.69) is 6.07 Å². The Morgan fingerprint density at radius 1 is 1.08 bits per heavy atom. The smallest absolute Gasteiger partial charge is 0.286 e. The minimum Gasteiger partial charge on any atom is -0.424 e. The quantitative estimate of drug-likeness (QED) is 0.439. The van der Waals surface area contributed by atoms with E-state index in [4.69, 9.17) is 15.3 Å². The maximum Gasteiger partial charge on any atom is 0.286 e. The Hall–Kier alpha value is -1.22. The molecule has 0 aromatic rings. The first-order valence-corrected chi connectivity index (χ1v) is 4.31. The van der Waals surface area contributed by atoms with Crippen LogP contribution in [-0.4, -0.2) is 6.10 Å². The first-order valence-electron chi connectivity index (χ1n) is 4.31. The summed E-state index contributed by atoms with van der Waals surface area (Å²) in [6.45, 7) is 0. The second-order valence-electron chi connectivity index (χ2n) is 3.17. The monoisotopic (exact) mass is 164 g/mol. The van der Waals surface area contributed by atoms with Gasteiger partial charge in [0.1, 0.15) is 6.10 Å². The van der Waals surface area contributed by atoms with E-state index in [-0.39, 0.29) is 12.0 Å². The largest absolute Gasteiger partial charge is 0.424 e. The van der Waals surface area contributed by atoms with E-state index in [1.165, 1.54) is 0 Å². The molecule has 3 nitrogen and oxygen atoms in total. The normalized spacial score (nSPS) is 29.5. The summed E-state index contributed by atoms with van der Waals surface area (Å²) in [4.78, 5) is 0. The van der Waals surface area contributed by atoms with Crippen molar-refractivity contribution in [2.75, 3.05) is 0 Å².